The van der Waals surface area contributed by atoms with Gasteiger partial charge in [-0.05, 0) is 48.9 Å². The Morgan fingerprint density at radius 1 is 1.22 bits per heavy atom. The van der Waals surface area contributed by atoms with Crippen LogP contribution in [0.5, 0.6) is 5.75 Å². The Morgan fingerprint density at radius 2 is 1.96 bits per heavy atom. The molecule has 3 aromatic rings. The molecule has 1 aromatic heterocycles. The molecule has 1 amide bonds. The SMILES string of the molecule is C/C(=N/NC(=O)Cn1cnc2ccccc21)c1ccc(O)cc1. The van der Waals surface area contributed by atoms with Gasteiger partial charge in [0.15, 0.2) is 0 Å². The molecule has 0 radical (unpaired) electrons. The van der Waals surface area contributed by atoms with Crippen molar-refractivity contribution < 1.29 is 9.90 Å². The highest BCUT2D eigenvalue weighted by Crippen LogP contribution is 2.12. The zero-order valence-corrected chi connectivity index (χ0v) is 12.6. The van der Waals surface area contributed by atoms with E-state index < -0.39 is 0 Å². The van der Waals surface area contributed by atoms with E-state index in [2.05, 4.69) is 15.5 Å². The summed E-state index contributed by atoms with van der Waals surface area (Å²) in [6, 6.07) is 14.3. The van der Waals surface area contributed by atoms with E-state index in [0.29, 0.717) is 5.71 Å². The van der Waals surface area contributed by atoms with Gasteiger partial charge >= 0.3 is 0 Å². The summed E-state index contributed by atoms with van der Waals surface area (Å²) < 4.78 is 1.77. The normalized spacial score (nSPS) is 11.6. The summed E-state index contributed by atoms with van der Waals surface area (Å²) in [5, 5.41) is 13.4. The predicted molar refractivity (Wildman–Crippen MR) is 88.2 cm³/mol. The number of amides is 1. The minimum absolute atomic E-state index is 0.146. The zero-order chi connectivity index (χ0) is 16.2. The van der Waals surface area contributed by atoms with E-state index in [1.54, 1.807) is 42.1 Å². The highest BCUT2D eigenvalue weighted by Gasteiger charge is 2.06. The first kappa shape index (κ1) is 14.8. The summed E-state index contributed by atoms with van der Waals surface area (Å²) >= 11 is 0. The molecule has 0 spiro atoms. The molecule has 0 atom stereocenters. The lowest BCUT2D eigenvalue weighted by molar-refractivity contribution is -0.121. The summed E-state index contributed by atoms with van der Waals surface area (Å²) in [5.74, 6) is -0.0381. The third-order valence-electron chi connectivity index (χ3n) is 3.47. The summed E-state index contributed by atoms with van der Waals surface area (Å²) in [5.41, 5.74) is 5.78. The van der Waals surface area contributed by atoms with Crippen molar-refractivity contribution in [3.8, 4) is 5.75 Å². The number of para-hydroxylation sites is 2. The summed E-state index contributed by atoms with van der Waals surface area (Å²) in [4.78, 5) is 16.3. The molecule has 6 heteroatoms. The van der Waals surface area contributed by atoms with Crippen LogP contribution in [0.25, 0.3) is 11.0 Å². The molecular weight excluding hydrogens is 292 g/mol. The summed E-state index contributed by atoms with van der Waals surface area (Å²) in [6.45, 7) is 1.94. The number of carbonyl (C=O) groups excluding carboxylic acids is 1. The first-order chi connectivity index (χ1) is 11.1. The van der Waals surface area contributed by atoms with Crippen molar-refractivity contribution in [2.45, 2.75) is 13.5 Å². The molecule has 116 valence electrons. The number of aromatic hydroxyl groups is 1. The van der Waals surface area contributed by atoms with Crippen LogP contribution in [0.15, 0.2) is 60.0 Å². The molecule has 3 rings (SSSR count). The van der Waals surface area contributed by atoms with Gasteiger partial charge in [-0.1, -0.05) is 12.1 Å². The Hall–Kier alpha value is -3.15. The molecule has 0 bridgehead atoms. The fourth-order valence-electron chi connectivity index (χ4n) is 2.24. The van der Waals surface area contributed by atoms with Gasteiger partial charge in [-0.2, -0.15) is 5.10 Å². The van der Waals surface area contributed by atoms with Crippen LogP contribution in [0.4, 0.5) is 0 Å². The van der Waals surface area contributed by atoms with E-state index in [9.17, 15) is 9.90 Å². The Kier molecular flexibility index (Phi) is 4.05. The van der Waals surface area contributed by atoms with Crippen molar-refractivity contribution in [1.29, 1.82) is 0 Å². The number of phenolic OH excluding ortho intramolecular Hbond substituents is 1. The number of hydrogen-bond acceptors (Lipinski definition) is 4. The van der Waals surface area contributed by atoms with E-state index in [1.165, 1.54) is 0 Å². The van der Waals surface area contributed by atoms with Crippen molar-refractivity contribution in [3.63, 3.8) is 0 Å². The van der Waals surface area contributed by atoms with Gasteiger partial charge in [0.25, 0.3) is 5.91 Å². The van der Waals surface area contributed by atoms with Crippen molar-refractivity contribution in [2.75, 3.05) is 0 Å². The molecule has 2 aromatic carbocycles. The maximum Gasteiger partial charge on any atom is 0.260 e. The largest absolute Gasteiger partial charge is 0.508 e. The van der Waals surface area contributed by atoms with Crippen LogP contribution in [0.2, 0.25) is 0 Å². The lowest BCUT2D eigenvalue weighted by Gasteiger charge is -2.05. The number of nitrogens with one attached hydrogen (secondary N) is 1. The number of hydrogen-bond donors (Lipinski definition) is 2. The lowest BCUT2D eigenvalue weighted by atomic mass is 10.1. The molecule has 0 saturated carbocycles. The molecule has 0 fully saturated rings. The van der Waals surface area contributed by atoms with E-state index in [4.69, 9.17) is 0 Å². The molecule has 0 unspecified atom stereocenters. The second-order valence-electron chi connectivity index (χ2n) is 5.14. The minimum atomic E-state index is -0.230. The Labute approximate surface area is 133 Å². The maximum atomic E-state index is 12.0. The smallest absolute Gasteiger partial charge is 0.260 e. The van der Waals surface area contributed by atoms with Crippen LogP contribution in [-0.2, 0) is 11.3 Å². The molecule has 0 aliphatic rings. The van der Waals surface area contributed by atoms with E-state index in [-0.39, 0.29) is 18.2 Å². The molecular formula is C17H16N4O2. The average molecular weight is 308 g/mol. The number of rotatable bonds is 4. The molecule has 0 saturated heterocycles. The number of carbonyl (C=O) groups is 1. The Morgan fingerprint density at radius 3 is 2.74 bits per heavy atom. The monoisotopic (exact) mass is 308 g/mol. The quantitative estimate of drug-likeness (QED) is 0.573. The van der Waals surface area contributed by atoms with Gasteiger partial charge < -0.3 is 9.67 Å². The van der Waals surface area contributed by atoms with Crippen LogP contribution in [0.1, 0.15) is 12.5 Å². The first-order valence-corrected chi connectivity index (χ1v) is 7.16. The van der Waals surface area contributed by atoms with Gasteiger partial charge in [0, 0.05) is 0 Å². The molecule has 0 aliphatic carbocycles. The van der Waals surface area contributed by atoms with Crippen molar-refractivity contribution in [3.05, 3.63) is 60.4 Å². The molecule has 6 nitrogen and oxygen atoms in total. The maximum absolute atomic E-state index is 12.0. The van der Waals surface area contributed by atoms with Crippen LogP contribution in [0, 0.1) is 0 Å². The van der Waals surface area contributed by atoms with Crippen LogP contribution >= 0.6 is 0 Å². The Balaban J connectivity index is 1.67. The molecule has 1 heterocycles. The van der Waals surface area contributed by atoms with E-state index >= 15 is 0 Å². The van der Waals surface area contributed by atoms with Gasteiger partial charge in [0.2, 0.25) is 0 Å². The van der Waals surface area contributed by atoms with Crippen molar-refractivity contribution in [1.82, 2.24) is 15.0 Å². The highest BCUT2D eigenvalue weighted by molar-refractivity contribution is 5.99. The second kappa shape index (κ2) is 6.31. The number of fused-ring (bicyclic) bond motifs is 1. The number of hydrazone groups is 1. The van der Waals surface area contributed by atoms with E-state index in [1.807, 2.05) is 24.3 Å². The molecule has 2 N–H and O–H groups in total. The number of benzene rings is 2. The summed E-state index contributed by atoms with van der Waals surface area (Å²) in [7, 11) is 0. The number of nitrogens with zero attached hydrogens (tertiary/aromatic N) is 3. The minimum Gasteiger partial charge on any atom is -0.508 e. The highest BCUT2D eigenvalue weighted by atomic mass is 16.3. The second-order valence-corrected chi connectivity index (χ2v) is 5.14. The molecule has 0 aliphatic heterocycles. The first-order valence-electron chi connectivity index (χ1n) is 7.16. The third kappa shape index (κ3) is 3.37. The van der Waals surface area contributed by atoms with E-state index in [0.717, 1.165) is 16.6 Å². The van der Waals surface area contributed by atoms with Gasteiger partial charge in [0.05, 0.1) is 23.1 Å². The third-order valence-corrected chi connectivity index (χ3v) is 3.47. The zero-order valence-electron chi connectivity index (χ0n) is 12.6. The van der Waals surface area contributed by atoms with Crippen molar-refractivity contribution >= 4 is 22.7 Å². The van der Waals surface area contributed by atoms with Crippen molar-refractivity contribution in [2.24, 2.45) is 5.10 Å². The topological polar surface area (TPSA) is 79.5 Å². The molecule has 23 heavy (non-hydrogen) atoms. The van der Waals surface area contributed by atoms with Gasteiger partial charge in [-0.3, -0.25) is 4.79 Å². The van der Waals surface area contributed by atoms with Crippen LogP contribution in [-0.4, -0.2) is 26.3 Å². The summed E-state index contributed by atoms with van der Waals surface area (Å²) in [6.07, 6.45) is 1.64. The fraction of sp³-hybridized carbons (Fsp3) is 0.118. The fourth-order valence-corrected chi connectivity index (χ4v) is 2.24. The van der Waals surface area contributed by atoms with Gasteiger partial charge in [-0.15, -0.1) is 0 Å². The number of phenols is 1. The van der Waals surface area contributed by atoms with Gasteiger partial charge in [0.1, 0.15) is 12.3 Å². The average Bonchev–Trinajstić information content (AvgIpc) is 2.96. The van der Waals surface area contributed by atoms with Crippen LogP contribution in [0.3, 0.4) is 0 Å². The Bertz CT molecular complexity index is 866. The number of aromatic nitrogens is 2. The van der Waals surface area contributed by atoms with Crippen LogP contribution < -0.4 is 5.43 Å². The number of imidazole rings is 1. The van der Waals surface area contributed by atoms with Gasteiger partial charge in [-0.25, -0.2) is 10.4 Å². The standard InChI is InChI=1S/C17H16N4O2/c1-12(13-6-8-14(22)9-7-13)19-20-17(23)10-21-11-18-15-4-2-3-5-16(15)21/h2-9,11,22H,10H2,1H3,(H,20,23)/b19-12-. The predicted octanol–water partition coefficient (Wildman–Crippen LogP) is 2.28. The lowest BCUT2D eigenvalue weighted by Crippen LogP contribution is -2.24.